The van der Waals surface area contributed by atoms with Crippen LogP contribution in [0.5, 0.6) is 5.75 Å². The minimum absolute atomic E-state index is 0.00381. The number of hydrogen-bond donors (Lipinski definition) is 0. The third kappa shape index (κ3) is 5.47. The molecule has 4 rings (SSSR count). The average molecular weight is 484 g/mol. The highest BCUT2D eigenvalue weighted by Crippen LogP contribution is 2.27. The number of hydrogen-bond acceptors (Lipinski definition) is 7. The van der Waals surface area contributed by atoms with E-state index in [1.807, 2.05) is 0 Å². The van der Waals surface area contributed by atoms with Crippen molar-refractivity contribution in [2.75, 3.05) is 18.1 Å². The van der Waals surface area contributed by atoms with E-state index in [4.69, 9.17) is 21.1 Å². The Balaban J connectivity index is 1.29. The second-order valence-electron chi connectivity index (χ2n) is 7.31. The smallest absolute Gasteiger partial charge is 0.353 e. The molecular weight excluding hydrogens is 466 g/mol. The van der Waals surface area contributed by atoms with E-state index < -0.39 is 30.2 Å². The van der Waals surface area contributed by atoms with E-state index >= 15 is 0 Å². The van der Waals surface area contributed by atoms with E-state index in [0.29, 0.717) is 26.9 Å². The maximum Gasteiger partial charge on any atom is 0.353 e. The summed E-state index contributed by atoms with van der Waals surface area (Å²) in [5, 5.41) is 2.26. The SMILES string of the molecule is O=C(COC(=O)[C@H]1CC(=O)N(c2cccc(Cl)c2)C1)c1ccc(OC(=O)c2cccs2)cc1. The van der Waals surface area contributed by atoms with Crippen molar-refractivity contribution < 1.29 is 28.7 Å². The highest BCUT2D eigenvalue weighted by atomic mass is 35.5. The van der Waals surface area contributed by atoms with Crippen LogP contribution < -0.4 is 9.64 Å². The minimum Gasteiger partial charge on any atom is -0.457 e. The Hall–Kier alpha value is -3.49. The second kappa shape index (κ2) is 9.97. The highest BCUT2D eigenvalue weighted by Gasteiger charge is 2.36. The molecule has 1 fully saturated rings. The lowest BCUT2D eigenvalue weighted by Crippen LogP contribution is -2.27. The zero-order valence-electron chi connectivity index (χ0n) is 17.2. The number of anilines is 1. The van der Waals surface area contributed by atoms with Gasteiger partial charge in [-0.05, 0) is 53.9 Å². The van der Waals surface area contributed by atoms with Crippen LogP contribution in [0.25, 0.3) is 0 Å². The fourth-order valence-electron chi connectivity index (χ4n) is 3.36. The molecular formula is C24H18ClNO6S. The van der Waals surface area contributed by atoms with Gasteiger partial charge >= 0.3 is 11.9 Å². The maximum absolute atomic E-state index is 12.4. The van der Waals surface area contributed by atoms with Gasteiger partial charge in [0.1, 0.15) is 10.6 Å². The summed E-state index contributed by atoms with van der Waals surface area (Å²) in [6.45, 7) is -0.286. The first kappa shape index (κ1) is 22.7. The van der Waals surface area contributed by atoms with E-state index in [1.165, 1.54) is 40.5 Å². The first-order valence-corrected chi connectivity index (χ1v) is 11.3. The molecule has 2 aromatic carbocycles. The fraction of sp³-hybridized carbons (Fsp3) is 0.167. The predicted molar refractivity (Wildman–Crippen MR) is 123 cm³/mol. The number of esters is 2. The number of carbonyl (C=O) groups excluding carboxylic acids is 4. The number of ketones is 1. The van der Waals surface area contributed by atoms with Gasteiger partial charge in [-0.1, -0.05) is 23.7 Å². The molecule has 0 unspecified atom stereocenters. The third-order valence-corrected chi connectivity index (χ3v) is 6.12. The summed E-state index contributed by atoms with van der Waals surface area (Å²) in [5.74, 6) is -2.07. The van der Waals surface area contributed by atoms with E-state index in [9.17, 15) is 19.2 Å². The van der Waals surface area contributed by atoms with Crippen LogP contribution in [0.1, 0.15) is 26.5 Å². The molecule has 168 valence electrons. The number of benzene rings is 2. The third-order valence-electron chi connectivity index (χ3n) is 5.03. The molecule has 0 aliphatic carbocycles. The lowest BCUT2D eigenvalue weighted by Gasteiger charge is -2.16. The van der Waals surface area contributed by atoms with Crippen molar-refractivity contribution in [1.29, 1.82) is 0 Å². The van der Waals surface area contributed by atoms with Crippen LogP contribution >= 0.6 is 22.9 Å². The van der Waals surface area contributed by atoms with Gasteiger partial charge in [0.15, 0.2) is 12.4 Å². The van der Waals surface area contributed by atoms with Crippen molar-refractivity contribution in [3.05, 3.63) is 81.5 Å². The number of halogens is 1. The molecule has 7 nitrogen and oxygen atoms in total. The average Bonchev–Trinajstić information content (AvgIpc) is 3.48. The minimum atomic E-state index is -0.664. The zero-order valence-corrected chi connectivity index (χ0v) is 18.8. The Bertz CT molecular complexity index is 1190. The van der Waals surface area contributed by atoms with Gasteiger partial charge in [0.2, 0.25) is 5.91 Å². The zero-order chi connectivity index (χ0) is 23.4. The molecule has 9 heteroatoms. The molecule has 2 heterocycles. The number of amides is 1. The van der Waals surface area contributed by atoms with Crippen molar-refractivity contribution in [3.63, 3.8) is 0 Å². The standard InChI is InChI=1S/C24H18ClNO6S/c25-17-3-1-4-18(12-17)26-13-16(11-22(26)28)23(29)31-14-20(27)15-6-8-19(9-7-15)32-24(30)21-5-2-10-33-21/h1-10,12,16H,11,13-14H2/t16-/m0/s1. The Morgan fingerprint density at radius 1 is 1.06 bits per heavy atom. The molecule has 33 heavy (non-hydrogen) atoms. The van der Waals surface area contributed by atoms with Gasteiger partial charge in [-0.15, -0.1) is 11.3 Å². The maximum atomic E-state index is 12.4. The molecule has 0 N–H and O–H groups in total. The number of carbonyl (C=O) groups is 4. The van der Waals surface area contributed by atoms with Crippen molar-refractivity contribution in [1.82, 2.24) is 0 Å². The van der Waals surface area contributed by atoms with Gasteiger partial charge in [0, 0.05) is 29.2 Å². The summed E-state index contributed by atoms with van der Waals surface area (Å²) in [6.07, 6.45) is 0.00381. The molecule has 0 radical (unpaired) electrons. The van der Waals surface area contributed by atoms with Crippen LogP contribution in [0.4, 0.5) is 5.69 Å². The van der Waals surface area contributed by atoms with E-state index in [0.717, 1.165) is 0 Å². The van der Waals surface area contributed by atoms with E-state index in [1.54, 1.807) is 41.8 Å². The van der Waals surface area contributed by atoms with Crippen LogP contribution in [0.3, 0.4) is 0 Å². The van der Waals surface area contributed by atoms with Gasteiger partial charge in [-0.25, -0.2) is 4.79 Å². The summed E-state index contributed by atoms with van der Waals surface area (Å²) in [5.41, 5.74) is 0.917. The van der Waals surface area contributed by atoms with Crippen LogP contribution in [0, 0.1) is 5.92 Å². The summed E-state index contributed by atoms with van der Waals surface area (Å²) in [6, 6.07) is 16.2. The first-order valence-electron chi connectivity index (χ1n) is 10.0. The molecule has 1 saturated heterocycles. The monoisotopic (exact) mass is 483 g/mol. The van der Waals surface area contributed by atoms with Crippen molar-refractivity contribution in [2.24, 2.45) is 5.92 Å². The highest BCUT2D eigenvalue weighted by molar-refractivity contribution is 7.12. The molecule has 1 atom stereocenters. The van der Waals surface area contributed by atoms with Gasteiger partial charge in [-0.3, -0.25) is 14.4 Å². The van der Waals surface area contributed by atoms with Crippen LogP contribution in [0.2, 0.25) is 5.02 Å². The lowest BCUT2D eigenvalue weighted by atomic mass is 10.1. The molecule has 1 amide bonds. The van der Waals surface area contributed by atoms with E-state index in [2.05, 4.69) is 0 Å². The Kier molecular flexibility index (Phi) is 6.86. The quantitative estimate of drug-likeness (QED) is 0.281. The molecule has 1 aliphatic rings. The summed E-state index contributed by atoms with van der Waals surface area (Å²) >= 11 is 7.25. The normalized spacial score (nSPS) is 15.4. The molecule has 1 aromatic heterocycles. The van der Waals surface area contributed by atoms with Gasteiger partial charge in [0.25, 0.3) is 0 Å². The Morgan fingerprint density at radius 2 is 1.85 bits per heavy atom. The molecule has 3 aromatic rings. The Labute approximate surface area is 198 Å². The number of ether oxygens (including phenoxy) is 2. The number of Topliss-reactive ketones (excluding diaryl/α,β-unsaturated/α-hetero) is 1. The second-order valence-corrected chi connectivity index (χ2v) is 8.69. The van der Waals surface area contributed by atoms with Crippen molar-refractivity contribution in [3.8, 4) is 5.75 Å². The topological polar surface area (TPSA) is 90.0 Å². The van der Waals surface area contributed by atoms with Gasteiger partial charge < -0.3 is 14.4 Å². The Morgan fingerprint density at radius 3 is 2.55 bits per heavy atom. The number of rotatable bonds is 7. The molecule has 1 aliphatic heterocycles. The number of thiophene rings is 1. The van der Waals surface area contributed by atoms with Gasteiger partial charge in [0.05, 0.1) is 5.92 Å². The molecule has 0 saturated carbocycles. The van der Waals surface area contributed by atoms with Crippen LogP contribution in [0.15, 0.2) is 66.0 Å². The summed E-state index contributed by atoms with van der Waals surface area (Å²) < 4.78 is 10.4. The predicted octanol–water partition coefficient (Wildman–Crippen LogP) is 4.40. The van der Waals surface area contributed by atoms with Crippen molar-refractivity contribution in [2.45, 2.75) is 6.42 Å². The lowest BCUT2D eigenvalue weighted by molar-refractivity contribution is -0.147. The molecule has 0 bridgehead atoms. The number of nitrogens with zero attached hydrogens (tertiary/aromatic N) is 1. The molecule has 0 spiro atoms. The van der Waals surface area contributed by atoms with Gasteiger partial charge in [-0.2, -0.15) is 0 Å². The summed E-state index contributed by atoms with van der Waals surface area (Å²) in [7, 11) is 0. The van der Waals surface area contributed by atoms with E-state index in [-0.39, 0.29) is 18.9 Å². The van der Waals surface area contributed by atoms with Crippen LogP contribution in [-0.2, 0) is 14.3 Å². The first-order chi connectivity index (χ1) is 15.9. The van der Waals surface area contributed by atoms with Crippen LogP contribution in [-0.4, -0.2) is 36.8 Å². The van der Waals surface area contributed by atoms with Crippen molar-refractivity contribution >= 4 is 52.3 Å². The fourth-order valence-corrected chi connectivity index (χ4v) is 4.14. The largest absolute Gasteiger partial charge is 0.457 e. The summed E-state index contributed by atoms with van der Waals surface area (Å²) in [4.78, 5) is 51.1.